The molecule has 2 aromatic heterocycles. The zero-order valence-corrected chi connectivity index (χ0v) is 13.1. The van der Waals surface area contributed by atoms with Crippen molar-refractivity contribution in [2.24, 2.45) is 0 Å². The third-order valence-corrected chi connectivity index (χ3v) is 4.23. The molecule has 2 aromatic rings. The van der Waals surface area contributed by atoms with Crippen molar-refractivity contribution in [3.05, 3.63) is 36.5 Å². The van der Waals surface area contributed by atoms with Gasteiger partial charge in [0.15, 0.2) is 5.82 Å². The van der Waals surface area contributed by atoms with E-state index in [1.807, 2.05) is 0 Å². The van der Waals surface area contributed by atoms with Crippen molar-refractivity contribution in [2.75, 3.05) is 12.8 Å². The molecular formula is C16H21N5O2. The summed E-state index contributed by atoms with van der Waals surface area (Å²) in [5.41, 5.74) is 6.80. The molecule has 23 heavy (non-hydrogen) atoms. The summed E-state index contributed by atoms with van der Waals surface area (Å²) in [6.45, 7) is 0. The highest BCUT2D eigenvalue weighted by Gasteiger charge is 2.23. The van der Waals surface area contributed by atoms with Crippen LogP contribution in [0.4, 0.5) is 5.69 Å². The second-order valence-electron chi connectivity index (χ2n) is 5.76. The molecule has 0 radical (unpaired) electrons. The minimum absolute atomic E-state index is 0.171. The first-order chi connectivity index (χ1) is 11.2. The lowest BCUT2D eigenvalue weighted by Crippen LogP contribution is -2.39. The van der Waals surface area contributed by atoms with Crippen LogP contribution in [0.15, 0.2) is 30.9 Å². The van der Waals surface area contributed by atoms with Gasteiger partial charge in [-0.05, 0) is 37.8 Å². The SMILES string of the molecule is COC1CCC(NC(=O)c2ccc(N)c(-n3ccnc3)n2)CC1. The average Bonchev–Trinajstić information content (AvgIpc) is 3.10. The number of imidazole rings is 1. The molecule has 2 heterocycles. The van der Waals surface area contributed by atoms with Gasteiger partial charge in [0, 0.05) is 25.5 Å². The van der Waals surface area contributed by atoms with Gasteiger partial charge in [-0.15, -0.1) is 0 Å². The van der Waals surface area contributed by atoms with Crippen molar-refractivity contribution in [1.82, 2.24) is 19.9 Å². The van der Waals surface area contributed by atoms with E-state index in [-0.39, 0.29) is 11.9 Å². The van der Waals surface area contributed by atoms with Crippen molar-refractivity contribution in [3.63, 3.8) is 0 Å². The van der Waals surface area contributed by atoms with E-state index in [0.717, 1.165) is 25.7 Å². The Morgan fingerprint density at radius 2 is 2.13 bits per heavy atom. The number of carbonyl (C=O) groups excluding carboxylic acids is 1. The molecular weight excluding hydrogens is 294 g/mol. The Bertz CT molecular complexity index is 663. The van der Waals surface area contributed by atoms with Crippen LogP contribution in [0.25, 0.3) is 5.82 Å². The first-order valence-electron chi connectivity index (χ1n) is 7.76. The molecule has 7 heteroatoms. The van der Waals surface area contributed by atoms with Gasteiger partial charge in [-0.2, -0.15) is 0 Å². The van der Waals surface area contributed by atoms with Gasteiger partial charge in [-0.1, -0.05) is 0 Å². The van der Waals surface area contributed by atoms with Gasteiger partial charge in [-0.3, -0.25) is 9.36 Å². The lowest BCUT2D eigenvalue weighted by Gasteiger charge is -2.28. The van der Waals surface area contributed by atoms with Gasteiger partial charge in [0.25, 0.3) is 5.91 Å². The maximum Gasteiger partial charge on any atom is 0.270 e. The summed E-state index contributed by atoms with van der Waals surface area (Å²) in [7, 11) is 1.74. The Hall–Kier alpha value is -2.41. The van der Waals surface area contributed by atoms with E-state index in [9.17, 15) is 4.79 Å². The summed E-state index contributed by atoms with van der Waals surface area (Å²) in [5.74, 6) is 0.338. The number of rotatable bonds is 4. The minimum atomic E-state index is -0.174. The van der Waals surface area contributed by atoms with E-state index < -0.39 is 0 Å². The molecule has 0 bridgehead atoms. The standard InChI is InChI=1S/C16H21N5O2/c1-23-12-4-2-11(3-5-12)19-16(22)14-7-6-13(17)15(20-14)21-9-8-18-10-21/h6-12H,2-5,17H2,1H3,(H,19,22). The molecule has 1 fully saturated rings. The number of hydrogen-bond donors (Lipinski definition) is 2. The molecule has 0 aliphatic heterocycles. The lowest BCUT2D eigenvalue weighted by atomic mass is 9.93. The van der Waals surface area contributed by atoms with Gasteiger partial charge in [-0.25, -0.2) is 9.97 Å². The van der Waals surface area contributed by atoms with E-state index in [2.05, 4.69) is 15.3 Å². The highest BCUT2D eigenvalue weighted by atomic mass is 16.5. The quantitative estimate of drug-likeness (QED) is 0.892. The summed E-state index contributed by atoms with van der Waals surface area (Å²) in [5, 5.41) is 3.05. The smallest absolute Gasteiger partial charge is 0.270 e. The number of amides is 1. The summed E-state index contributed by atoms with van der Waals surface area (Å²) >= 11 is 0. The van der Waals surface area contributed by atoms with Crippen molar-refractivity contribution in [2.45, 2.75) is 37.8 Å². The van der Waals surface area contributed by atoms with E-state index in [1.54, 1.807) is 42.5 Å². The Morgan fingerprint density at radius 3 is 2.78 bits per heavy atom. The fourth-order valence-corrected chi connectivity index (χ4v) is 2.88. The van der Waals surface area contributed by atoms with Gasteiger partial charge in [0.05, 0.1) is 11.8 Å². The minimum Gasteiger partial charge on any atom is -0.396 e. The molecule has 1 aliphatic carbocycles. The molecule has 0 atom stereocenters. The van der Waals surface area contributed by atoms with Crippen molar-refractivity contribution < 1.29 is 9.53 Å². The monoisotopic (exact) mass is 315 g/mol. The highest BCUT2D eigenvalue weighted by Crippen LogP contribution is 2.21. The molecule has 0 spiro atoms. The fraction of sp³-hybridized carbons (Fsp3) is 0.438. The first-order valence-corrected chi connectivity index (χ1v) is 7.76. The number of pyridine rings is 1. The predicted octanol–water partition coefficient (Wildman–Crippen LogP) is 1.54. The van der Waals surface area contributed by atoms with Crippen LogP contribution in [0.2, 0.25) is 0 Å². The van der Waals surface area contributed by atoms with Crippen LogP contribution >= 0.6 is 0 Å². The van der Waals surface area contributed by atoms with Crippen LogP contribution in [0.3, 0.4) is 0 Å². The van der Waals surface area contributed by atoms with Crippen LogP contribution in [0.1, 0.15) is 36.2 Å². The van der Waals surface area contributed by atoms with Crippen LogP contribution in [-0.2, 0) is 4.74 Å². The van der Waals surface area contributed by atoms with Gasteiger partial charge in [0.1, 0.15) is 12.0 Å². The molecule has 0 unspecified atom stereocenters. The number of methoxy groups -OCH3 is 1. The van der Waals surface area contributed by atoms with Gasteiger partial charge >= 0.3 is 0 Å². The lowest BCUT2D eigenvalue weighted by molar-refractivity contribution is 0.0598. The fourth-order valence-electron chi connectivity index (χ4n) is 2.88. The Balaban J connectivity index is 1.69. The second kappa shape index (κ2) is 6.78. The third-order valence-electron chi connectivity index (χ3n) is 4.23. The Labute approximate surface area is 134 Å². The first kappa shape index (κ1) is 15.5. The number of nitrogens with one attached hydrogen (secondary N) is 1. The molecule has 1 aliphatic rings. The van der Waals surface area contributed by atoms with E-state index >= 15 is 0 Å². The van der Waals surface area contributed by atoms with Gasteiger partial charge in [0.2, 0.25) is 0 Å². The Morgan fingerprint density at radius 1 is 1.35 bits per heavy atom. The van der Waals surface area contributed by atoms with Crippen molar-refractivity contribution in [3.8, 4) is 5.82 Å². The number of nitrogens with zero attached hydrogens (tertiary/aromatic N) is 3. The van der Waals surface area contributed by atoms with Gasteiger partial charge < -0.3 is 15.8 Å². The molecule has 0 aromatic carbocycles. The Kier molecular flexibility index (Phi) is 4.57. The number of hydrogen-bond acceptors (Lipinski definition) is 5. The van der Waals surface area contributed by atoms with E-state index in [0.29, 0.717) is 23.3 Å². The molecule has 3 rings (SSSR count). The number of aromatic nitrogens is 3. The number of nitrogens with two attached hydrogens (primary N) is 1. The molecule has 1 amide bonds. The van der Waals surface area contributed by atoms with Crippen LogP contribution < -0.4 is 11.1 Å². The summed E-state index contributed by atoms with van der Waals surface area (Å²) < 4.78 is 7.04. The number of ether oxygens (including phenoxy) is 1. The molecule has 122 valence electrons. The maximum absolute atomic E-state index is 12.4. The zero-order valence-electron chi connectivity index (χ0n) is 13.1. The molecule has 0 saturated heterocycles. The van der Waals surface area contributed by atoms with E-state index in [1.165, 1.54) is 0 Å². The molecule has 3 N–H and O–H groups in total. The van der Waals surface area contributed by atoms with Crippen molar-refractivity contribution in [1.29, 1.82) is 0 Å². The summed E-state index contributed by atoms with van der Waals surface area (Å²) in [6, 6.07) is 3.51. The van der Waals surface area contributed by atoms with Crippen LogP contribution in [-0.4, -0.2) is 39.7 Å². The summed E-state index contributed by atoms with van der Waals surface area (Å²) in [4.78, 5) is 20.8. The number of anilines is 1. The predicted molar refractivity (Wildman–Crippen MR) is 86.3 cm³/mol. The number of nitrogen functional groups attached to an aromatic ring is 1. The molecule has 7 nitrogen and oxygen atoms in total. The summed E-state index contributed by atoms with van der Waals surface area (Å²) in [6.07, 6.45) is 9.08. The van der Waals surface area contributed by atoms with E-state index in [4.69, 9.17) is 10.5 Å². The zero-order chi connectivity index (χ0) is 16.2. The normalized spacial score (nSPS) is 21.1. The maximum atomic E-state index is 12.4. The molecule has 1 saturated carbocycles. The topological polar surface area (TPSA) is 95.1 Å². The van der Waals surface area contributed by atoms with Crippen molar-refractivity contribution >= 4 is 11.6 Å². The highest BCUT2D eigenvalue weighted by molar-refractivity contribution is 5.93. The second-order valence-corrected chi connectivity index (χ2v) is 5.76. The number of carbonyl (C=O) groups is 1. The van der Waals surface area contributed by atoms with Crippen LogP contribution in [0, 0.1) is 0 Å². The third kappa shape index (κ3) is 3.50. The average molecular weight is 315 g/mol. The largest absolute Gasteiger partial charge is 0.396 e. The van der Waals surface area contributed by atoms with Crippen LogP contribution in [0.5, 0.6) is 0 Å².